The largest absolute Gasteiger partial charge is 0.371 e. The molecule has 1 aromatic rings. The summed E-state index contributed by atoms with van der Waals surface area (Å²) in [6, 6.07) is 7.77. The van der Waals surface area contributed by atoms with Crippen molar-refractivity contribution in [3.63, 3.8) is 0 Å². The average molecular weight is 336 g/mol. The molecule has 0 atom stereocenters. The van der Waals surface area contributed by atoms with Gasteiger partial charge in [-0.25, -0.2) is 0 Å². The normalized spacial score (nSPS) is 15.8. The quantitative estimate of drug-likeness (QED) is 0.923. The number of carbonyl (C=O) groups is 1. The monoisotopic (exact) mass is 335 g/mol. The van der Waals surface area contributed by atoms with Crippen LogP contribution in [0.1, 0.15) is 25.3 Å². The Hall–Kier alpha value is -1.54. The number of piperidine rings is 1. The molecule has 1 amide bonds. The van der Waals surface area contributed by atoms with Gasteiger partial charge < -0.3 is 10.2 Å². The molecular formula is C15H18BrN3O. The molecule has 5 heteroatoms. The zero-order valence-corrected chi connectivity index (χ0v) is 13.1. The first-order valence-corrected chi connectivity index (χ1v) is 7.67. The highest BCUT2D eigenvalue weighted by Crippen LogP contribution is 2.30. The second-order valence-electron chi connectivity index (χ2n) is 4.93. The second kappa shape index (κ2) is 6.76. The summed E-state index contributed by atoms with van der Waals surface area (Å²) in [7, 11) is 0. The van der Waals surface area contributed by atoms with Crippen molar-refractivity contribution in [3.05, 3.63) is 28.2 Å². The van der Waals surface area contributed by atoms with Crippen LogP contribution in [0.2, 0.25) is 0 Å². The number of nitrogens with one attached hydrogen (secondary N) is 1. The van der Waals surface area contributed by atoms with Crippen LogP contribution in [-0.4, -0.2) is 25.5 Å². The molecule has 2 rings (SSSR count). The van der Waals surface area contributed by atoms with Crippen molar-refractivity contribution in [3.8, 4) is 6.07 Å². The van der Waals surface area contributed by atoms with Gasteiger partial charge in [-0.1, -0.05) is 0 Å². The molecule has 0 aliphatic carbocycles. The molecule has 0 saturated carbocycles. The van der Waals surface area contributed by atoms with Crippen LogP contribution in [0.25, 0.3) is 0 Å². The minimum atomic E-state index is 0.128. The van der Waals surface area contributed by atoms with Gasteiger partial charge in [0.2, 0.25) is 5.91 Å². The molecule has 1 aliphatic heterocycles. The van der Waals surface area contributed by atoms with E-state index in [1.807, 2.05) is 25.1 Å². The maximum atomic E-state index is 11.8. The van der Waals surface area contributed by atoms with E-state index in [1.54, 1.807) is 0 Å². The van der Waals surface area contributed by atoms with Gasteiger partial charge in [-0.2, -0.15) is 5.26 Å². The number of hydrogen-bond donors (Lipinski definition) is 1. The molecular weight excluding hydrogens is 318 g/mol. The molecule has 4 nitrogen and oxygen atoms in total. The Balaban J connectivity index is 2.01. The first-order valence-electron chi connectivity index (χ1n) is 6.88. The predicted octanol–water partition coefficient (Wildman–Crippen LogP) is 2.67. The fourth-order valence-electron chi connectivity index (χ4n) is 2.53. The maximum Gasteiger partial charge on any atom is 0.223 e. The molecule has 20 heavy (non-hydrogen) atoms. The van der Waals surface area contributed by atoms with E-state index in [4.69, 9.17) is 5.26 Å². The number of carbonyl (C=O) groups excluding carboxylic acids is 1. The van der Waals surface area contributed by atoms with Crippen molar-refractivity contribution < 1.29 is 4.79 Å². The summed E-state index contributed by atoms with van der Waals surface area (Å²) < 4.78 is 0.938. The molecule has 1 N–H and O–H groups in total. The van der Waals surface area contributed by atoms with Gasteiger partial charge in [-0.3, -0.25) is 4.79 Å². The lowest BCUT2D eigenvalue weighted by Gasteiger charge is -2.33. The fraction of sp³-hybridized carbons (Fsp3) is 0.467. The van der Waals surface area contributed by atoms with Crippen LogP contribution < -0.4 is 10.2 Å². The number of halogens is 1. The number of hydrogen-bond acceptors (Lipinski definition) is 3. The number of rotatable bonds is 3. The van der Waals surface area contributed by atoms with Crippen LogP contribution in [0, 0.1) is 17.2 Å². The van der Waals surface area contributed by atoms with Crippen molar-refractivity contribution in [2.75, 3.05) is 24.5 Å². The predicted molar refractivity (Wildman–Crippen MR) is 82.5 cm³/mol. The Morgan fingerprint density at radius 1 is 1.50 bits per heavy atom. The van der Waals surface area contributed by atoms with Crippen LogP contribution in [0.5, 0.6) is 0 Å². The van der Waals surface area contributed by atoms with Gasteiger partial charge in [-0.15, -0.1) is 0 Å². The molecule has 106 valence electrons. The van der Waals surface area contributed by atoms with Crippen molar-refractivity contribution in [2.24, 2.45) is 5.92 Å². The van der Waals surface area contributed by atoms with Crippen LogP contribution >= 0.6 is 15.9 Å². The summed E-state index contributed by atoms with van der Waals surface area (Å²) in [5.74, 6) is 0.300. The summed E-state index contributed by atoms with van der Waals surface area (Å²) in [6.07, 6.45) is 1.75. The van der Waals surface area contributed by atoms with E-state index in [0.29, 0.717) is 12.1 Å². The minimum absolute atomic E-state index is 0.128. The lowest BCUT2D eigenvalue weighted by molar-refractivity contribution is -0.125. The Kier molecular flexibility index (Phi) is 5.02. The highest BCUT2D eigenvalue weighted by molar-refractivity contribution is 9.10. The molecule has 0 unspecified atom stereocenters. The molecule has 0 bridgehead atoms. The number of anilines is 1. The average Bonchev–Trinajstić information content (AvgIpc) is 2.47. The second-order valence-corrected chi connectivity index (χ2v) is 5.79. The molecule has 1 saturated heterocycles. The summed E-state index contributed by atoms with van der Waals surface area (Å²) in [6.45, 7) is 4.37. The molecule has 1 aliphatic rings. The van der Waals surface area contributed by atoms with Gasteiger partial charge in [0.1, 0.15) is 0 Å². The third-order valence-corrected chi connectivity index (χ3v) is 4.27. The third kappa shape index (κ3) is 3.31. The summed E-state index contributed by atoms with van der Waals surface area (Å²) in [5.41, 5.74) is 1.75. The van der Waals surface area contributed by atoms with Crippen molar-refractivity contribution in [1.82, 2.24) is 5.32 Å². The Morgan fingerprint density at radius 3 is 2.75 bits per heavy atom. The highest BCUT2D eigenvalue weighted by atomic mass is 79.9. The van der Waals surface area contributed by atoms with Gasteiger partial charge in [0.05, 0.1) is 17.3 Å². The zero-order valence-electron chi connectivity index (χ0n) is 11.5. The van der Waals surface area contributed by atoms with Gasteiger partial charge >= 0.3 is 0 Å². The molecule has 0 spiro atoms. The van der Waals surface area contributed by atoms with Gasteiger partial charge in [0.15, 0.2) is 0 Å². The van der Waals surface area contributed by atoms with Crippen molar-refractivity contribution in [1.29, 1.82) is 5.26 Å². The van der Waals surface area contributed by atoms with Crippen LogP contribution in [-0.2, 0) is 4.79 Å². The molecule has 0 aromatic heterocycles. The van der Waals surface area contributed by atoms with Crippen LogP contribution in [0.3, 0.4) is 0 Å². The van der Waals surface area contributed by atoms with Crippen molar-refractivity contribution >= 4 is 27.5 Å². The number of nitrogens with zero attached hydrogens (tertiary/aromatic N) is 2. The summed E-state index contributed by atoms with van der Waals surface area (Å²) in [5, 5.41) is 11.8. The lowest BCUT2D eigenvalue weighted by atomic mass is 9.95. The highest BCUT2D eigenvalue weighted by Gasteiger charge is 2.25. The third-order valence-electron chi connectivity index (χ3n) is 3.63. The van der Waals surface area contributed by atoms with Crippen LogP contribution in [0.15, 0.2) is 22.7 Å². The number of benzene rings is 1. The topological polar surface area (TPSA) is 56.1 Å². The minimum Gasteiger partial charge on any atom is -0.371 e. The van der Waals surface area contributed by atoms with Gasteiger partial charge in [0.25, 0.3) is 0 Å². The van der Waals surface area contributed by atoms with E-state index in [9.17, 15) is 4.79 Å². The van der Waals surface area contributed by atoms with Gasteiger partial charge in [-0.05, 0) is 53.9 Å². The van der Waals surface area contributed by atoms with Gasteiger partial charge in [0, 0.05) is 30.0 Å². The molecule has 1 aromatic carbocycles. The zero-order chi connectivity index (χ0) is 14.5. The van der Waals surface area contributed by atoms with E-state index in [2.05, 4.69) is 32.2 Å². The SMILES string of the molecule is CCNC(=O)C1CCN(c2ccc(C#N)cc2Br)CC1. The van der Waals surface area contributed by atoms with Crippen molar-refractivity contribution in [2.45, 2.75) is 19.8 Å². The molecule has 0 radical (unpaired) electrons. The number of amides is 1. The standard InChI is InChI=1S/C15H18BrN3O/c1-2-18-15(20)12-5-7-19(8-6-12)14-4-3-11(10-17)9-13(14)16/h3-4,9,12H,2,5-8H2,1H3,(H,18,20). The van der Waals surface area contributed by atoms with E-state index >= 15 is 0 Å². The van der Waals surface area contributed by atoms with Crippen LogP contribution in [0.4, 0.5) is 5.69 Å². The first kappa shape index (κ1) is 14.9. The Bertz CT molecular complexity index is 530. The number of nitriles is 1. The smallest absolute Gasteiger partial charge is 0.223 e. The maximum absolute atomic E-state index is 11.8. The Labute approximate surface area is 127 Å². The summed E-state index contributed by atoms with van der Waals surface area (Å²) in [4.78, 5) is 14.1. The Morgan fingerprint density at radius 2 is 2.20 bits per heavy atom. The fourth-order valence-corrected chi connectivity index (χ4v) is 3.16. The van der Waals surface area contributed by atoms with E-state index in [0.717, 1.165) is 36.1 Å². The summed E-state index contributed by atoms with van der Waals surface area (Å²) >= 11 is 3.52. The van der Waals surface area contributed by atoms with E-state index in [-0.39, 0.29) is 11.8 Å². The van der Waals surface area contributed by atoms with E-state index < -0.39 is 0 Å². The molecule has 1 fully saturated rings. The molecule has 1 heterocycles. The lowest BCUT2D eigenvalue weighted by Crippen LogP contribution is -2.40. The van der Waals surface area contributed by atoms with E-state index in [1.165, 1.54) is 0 Å². The first-order chi connectivity index (χ1) is 9.65.